The minimum atomic E-state index is -0.404. The summed E-state index contributed by atoms with van der Waals surface area (Å²) in [5.74, 6) is 1.15. The van der Waals surface area contributed by atoms with E-state index < -0.39 is 5.97 Å². The van der Waals surface area contributed by atoms with Gasteiger partial charge in [-0.1, -0.05) is 59.1 Å². The Labute approximate surface area is 210 Å². The molecule has 0 N–H and O–H groups in total. The summed E-state index contributed by atoms with van der Waals surface area (Å²) < 4.78 is 17.6. The lowest BCUT2D eigenvalue weighted by Gasteiger charge is -2.14. The maximum absolute atomic E-state index is 12.4. The molecule has 3 aromatic carbocycles. The highest BCUT2D eigenvalue weighted by molar-refractivity contribution is 9.10. The third kappa shape index (κ3) is 5.44. The number of cyclic esters (lactones) is 1. The predicted octanol–water partition coefficient (Wildman–Crippen LogP) is 7.63. The zero-order valence-electron chi connectivity index (χ0n) is 17.8. The fourth-order valence-electron chi connectivity index (χ4n) is 3.28. The third-order valence-corrected chi connectivity index (χ3v) is 6.20. The number of halogens is 3. The van der Waals surface area contributed by atoms with Crippen LogP contribution in [0.5, 0.6) is 11.5 Å². The summed E-state index contributed by atoms with van der Waals surface area (Å²) in [5.41, 5.74) is 3.98. The van der Waals surface area contributed by atoms with Crippen LogP contribution in [0.3, 0.4) is 0 Å². The molecule has 0 fully saturated rings. The van der Waals surface area contributed by atoms with Crippen LogP contribution in [-0.2, 0) is 16.1 Å². The molecular formula is C26H19BrCl2O4. The van der Waals surface area contributed by atoms with Crippen molar-refractivity contribution in [2.75, 3.05) is 7.11 Å². The van der Waals surface area contributed by atoms with E-state index in [-0.39, 0.29) is 6.61 Å². The van der Waals surface area contributed by atoms with Gasteiger partial charge in [-0.25, -0.2) is 4.79 Å². The lowest BCUT2D eigenvalue weighted by atomic mass is 10.1. The second-order valence-corrected chi connectivity index (χ2v) is 9.12. The van der Waals surface area contributed by atoms with Crippen molar-refractivity contribution < 1.29 is 19.0 Å². The number of methoxy groups -OCH3 is 1. The number of rotatable bonds is 6. The molecule has 0 aromatic heterocycles. The summed E-state index contributed by atoms with van der Waals surface area (Å²) in [4.78, 5) is 12.4. The number of carbonyl (C=O) groups excluding carboxylic acids is 1. The van der Waals surface area contributed by atoms with Crippen molar-refractivity contribution in [1.82, 2.24) is 0 Å². The summed E-state index contributed by atoms with van der Waals surface area (Å²) in [6.45, 7) is 2.24. The van der Waals surface area contributed by atoms with Crippen LogP contribution in [0.1, 0.15) is 22.3 Å². The molecule has 1 heterocycles. The fourth-order valence-corrected chi connectivity index (χ4v) is 4.32. The summed E-state index contributed by atoms with van der Waals surface area (Å²) in [7, 11) is 1.56. The van der Waals surface area contributed by atoms with Crippen LogP contribution in [0.2, 0.25) is 10.0 Å². The average molecular weight is 546 g/mol. The first-order valence-electron chi connectivity index (χ1n) is 10.0. The molecular weight excluding hydrogens is 527 g/mol. The van der Waals surface area contributed by atoms with Crippen LogP contribution in [0.15, 0.2) is 70.7 Å². The summed E-state index contributed by atoms with van der Waals surface area (Å²) >= 11 is 15.7. The molecule has 0 radical (unpaired) electrons. The molecule has 0 aliphatic carbocycles. The third-order valence-electron chi connectivity index (χ3n) is 5.02. The average Bonchev–Trinajstić information content (AvgIpc) is 3.14. The summed E-state index contributed by atoms with van der Waals surface area (Å²) in [6, 6.07) is 16.7. The normalized spacial score (nSPS) is 14.3. The van der Waals surface area contributed by atoms with E-state index in [1.54, 1.807) is 37.5 Å². The van der Waals surface area contributed by atoms with E-state index in [1.807, 2.05) is 43.3 Å². The number of hydrogen-bond acceptors (Lipinski definition) is 4. The van der Waals surface area contributed by atoms with E-state index in [4.69, 9.17) is 37.4 Å². The molecule has 4 nitrogen and oxygen atoms in total. The highest BCUT2D eigenvalue weighted by Crippen LogP contribution is 2.39. The fraction of sp³-hybridized carbons (Fsp3) is 0.115. The Hall–Kier alpha value is -2.73. The Morgan fingerprint density at radius 2 is 1.82 bits per heavy atom. The maximum atomic E-state index is 12.4. The van der Waals surface area contributed by atoms with Crippen molar-refractivity contribution >= 4 is 56.9 Å². The number of benzene rings is 3. The first-order chi connectivity index (χ1) is 15.8. The van der Waals surface area contributed by atoms with E-state index in [0.29, 0.717) is 37.3 Å². The molecule has 0 bridgehead atoms. The van der Waals surface area contributed by atoms with E-state index in [9.17, 15) is 4.79 Å². The Balaban J connectivity index is 1.59. The molecule has 3 aromatic rings. The zero-order valence-corrected chi connectivity index (χ0v) is 20.9. The number of ether oxygens (including phenoxy) is 3. The lowest BCUT2D eigenvalue weighted by molar-refractivity contribution is -0.130. The van der Waals surface area contributed by atoms with Gasteiger partial charge in [-0.15, -0.1) is 0 Å². The summed E-state index contributed by atoms with van der Waals surface area (Å²) in [5, 5.41) is 1.08. The highest BCUT2D eigenvalue weighted by atomic mass is 79.9. The van der Waals surface area contributed by atoms with Gasteiger partial charge in [0, 0.05) is 21.2 Å². The van der Waals surface area contributed by atoms with Crippen molar-refractivity contribution in [2.45, 2.75) is 13.5 Å². The van der Waals surface area contributed by atoms with Crippen LogP contribution in [0.4, 0.5) is 0 Å². The quantitative estimate of drug-likeness (QED) is 0.236. The number of aryl methyl sites for hydroxylation is 1. The minimum Gasteiger partial charge on any atom is -0.493 e. The van der Waals surface area contributed by atoms with Gasteiger partial charge in [0.25, 0.3) is 0 Å². The smallest absolute Gasteiger partial charge is 0.343 e. The van der Waals surface area contributed by atoms with Gasteiger partial charge in [0.15, 0.2) is 11.5 Å². The van der Waals surface area contributed by atoms with Gasteiger partial charge in [0.1, 0.15) is 12.4 Å². The van der Waals surface area contributed by atoms with Gasteiger partial charge in [-0.05, 0) is 64.8 Å². The van der Waals surface area contributed by atoms with Crippen molar-refractivity contribution in [1.29, 1.82) is 0 Å². The Bertz CT molecular complexity index is 1280. The highest BCUT2D eigenvalue weighted by Gasteiger charge is 2.22. The Kier molecular flexibility index (Phi) is 7.13. The van der Waals surface area contributed by atoms with Gasteiger partial charge in [0.05, 0.1) is 17.2 Å². The lowest BCUT2D eigenvalue weighted by Crippen LogP contribution is -2.00. The van der Waals surface area contributed by atoms with Gasteiger partial charge < -0.3 is 14.2 Å². The molecule has 0 saturated carbocycles. The topological polar surface area (TPSA) is 44.8 Å². The molecule has 33 heavy (non-hydrogen) atoms. The Morgan fingerprint density at radius 1 is 1.06 bits per heavy atom. The van der Waals surface area contributed by atoms with Crippen LogP contribution < -0.4 is 9.47 Å². The predicted molar refractivity (Wildman–Crippen MR) is 135 cm³/mol. The number of carbonyl (C=O) groups is 1. The van der Waals surface area contributed by atoms with Crippen LogP contribution in [0.25, 0.3) is 11.8 Å². The zero-order chi connectivity index (χ0) is 23.5. The SMILES string of the molecule is COc1cc(/C=C2\C=C(c3ccc(C)cc3)OC2=O)cc(Br)c1OCc1ccc(Cl)cc1Cl. The van der Waals surface area contributed by atoms with E-state index >= 15 is 0 Å². The van der Waals surface area contributed by atoms with Crippen LogP contribution in [-0.4, -0.2) is 13.1 Å². The van der Waals surface area contributed by atoms with Crippen LogP contribution in [0, 0.1) is 6.92 Å². The summed E-state index contributed by atoms with van der Waals surface area (Å²) in [6.07, 6.45) is 3.48. The molecule has 0 spiro atoms. The molecule has 1 aliphatic heterocycles. The van der Waals surface area contributed by atoms with Crippen molar-refractivity contribution in [2.24, 2.45) is 0 Å². The largest absolute Gasteiger partial charge is 0.493 e. The van der Waals surface area contributed by atoms with Crippen LogP contribution >= 0.6 is 39.1 Å². The van der Waals surface area contributed by atoms with Crippen molar-refractivity contribution in [3.05, 3.63) is 103 Å². The molecule has 4 rings (SSSR count). The van der Waals surface area contributed by atoms with E-state index in [1.165, 1.54) is 0 Å². The van der Waals surface area contributed by atoms with Crippen molar-refractivity contribution in [3.63, 3.8) is 0 Å². The maximum Gasteiger partial charge on any atom is 0.343 e. The van der Waals surface area contributed by atoms with E-state index in [2.05, 4.69) is 15.9 Å². The van der Waals surface area contributed by atoms with Crippen molar-refractivity contribution in [3.8, 4) is 11.5 Å². The molecule has 0 amide bonds. The van der Waals surface area contributed by atoms with Gasteiger partial charge in [-0.3, -0.25) is 0 Å². The molecule has 7 heteroatoms. The van der Waals surface area contributed by atoms with Gasteiger partial charge in [-0.2, -0.15) is 0 Å². The molecule has 1 aliphatic rings. The standard InChI is InChI=1S/C26H19BrCl2O4/c1-15-3-5-17(6-4-15)23-12-19(26(30)33-23)9-16-10-21(27)25(24(11-16)31-2)32-14-18-7-8-20(28)13-22(18)29/h3-13H,14H2,1-2H3/b19-9+. The van der Waals surface area contributed by atoms with Gasteiger partial charge >= 0.3 is 5.97 Å². The monoisotopic (exact) mass is 544 g/mol. The van der Waals surface area contributed by atoms with E-state index in [0.717, 1.165) is 22.3 Å². The number of esters is 1. The minimum absolute atomic E-state index is 0.236. The number of hydrogen-bond donors (Lipinski definition) is 0. The Morgan fingerprint density at radius 3 is 2.52 bits per heavy atom. The molecule has 0 atom stereocenters. The molecule has 0 saturated heterocycles. The second-order valence-electron chi connectivity index (χ2n) is 7.42. The first kappa shape index (κ1) is 23.4. The molecule has 0 unspecified atom stereocenters. The van der Waals surface area contributed by atoms with Gasteiger partial charge in [0.2, 0.25) is 0 Å². The molecule has 168 valence electrons. The first-order valence-corrected chi connectivity index (χ1v) is 11.6. The second kappa shape index (κ2) is 10.0.